The van der Waals surface area contributed by atoms with Gasteiger partial charge in [-0.15, -0.1) is 0 Å². The van der Waals surface area contributed by atoms with E-state index in [2.05, 4.69) is 30.7 Å². The standard InChI is InChI=1S/C15H27N3O/c1-5-10-18(12-15(3,4)11-16)14-13(19-6-2)8-7-9-17-14/h7-9H,5-6,10-12,16H2,1-4H3. The Morgan fingerprint density at radius 3 is 2.68 bits per heavy atom. The maximum Gasteiger partial charge on any atom is 0.171 e. The van der Waals surface area contributed by atoms with Gasteiger partial charge in [-0.25, -0.2) is 4.98 Å². The van der Waals surface area contributed by atoms with Crippen LogP contribution < -0.4 is 15.4 Å². The minimum absolute atomic E-state index is 0.0657. The molecule has 4 heteroatoms. The highest BCUT2D eigenvalue weighted by Crippen LogP contribution is 2.28. The van der Waals surface area contributed by atoms with Crippen molar-refractivity contribution in [3.63, 3.8) is 0 Å². The molecule has 0 radical (unpaired) electrons. The lowest BCUT2D eigenvalue weighted by atomic mass is 9.93. The third-order valence-corrected chi connectivity index (χ3v) is 3.02. The summed E-state index contributed by atoms with van der Waals surface area (Å²) in [6.07, 6.45) is 2.89. The van der Waals surface area contributed by atoms with Gasteiger partial charge < -0.3 is 15.4 Å². The molecule has 1 rings (SSSR count). The molecular weight excluding hydrogens is 238 g/mol. The summed E-state index contributed by atoms with van der Waals surface area (Å²) in [5.74, 6) is 1.78. The topological polar surface area (TPSA) is 51.4 Å². The summed E-state index contributed by atoms with van der Waals surface area (Å²) in [7, 11) is 0. The van der Waals surface area contributed by atoms with Gasteiger partial charge in [0.25, 0.3) is 0 Å². The first-order chi connectivity index (χ1) is 9.04. The quantitative estimate of drug-likeness (QED) is 0.785. The summed E-state index contributed by atoms with van der Waals surface area (Å²) >= 11 is 0. The largest absolute Gasteiger partial charge is 0.490 e. The second-order valence-electron chi connectivity index (χ2n) is 5.55. The summed E-state index contributed by atoms with van der Waals surface area (Å²) in [5, 5.41) is 0. The van der Waals surface area contributed by atoms with Crippen LogP contribution in [0, 0.1) is 5.41 Å². The number of nitrogens with two attached hydrogens (primary N) is 1. The Morgan fingerprint density at radius 1 is 1.37 bits per heavy atom. The molecule has 1 aromatic heterocycles. The molecule has 1 heterocycles. The number of rotatable bonds is 8. The molecular formula is C15H27N3O. The average Bonchev–Trinajstić information content (AvgIpc) is 2.39. The van der Waals surface area contributed by atoms with Crippen LogP contribution in [0.2, 0.25) is 0 Å². The third-order valence-electron chi connectivity index (χ3n) is 3.02. The zero-order valence-electron chi connectivity index (χ0n) is 12.6. The van der Waals surface area contributed by atoms with Gasteiger partial charge in [-0.2, -0.15) is 0 Å². The SMILES string of the molecule is CCCN(CC(C)(C)CN)c1ncccc1OCC. The zero-order valence-corrected chi connectivity index (χ0v) is 12.6. The van der Waals surface area contributed by atoms with E-state index in [0.717, 1.165) is 31.1 Å². The molecule has 19 heavy (non-hydrogen) atoms. The molecule has 4 nitrogen and oxygen atoms in total. The first kappa shape index (κ1) is 15.8. The van der Waals surface area contributed by atoms with E-state index < -0.39 is 0 Å². The molecule has 0 fully saturated rings. The lowest BCUT2D eigenvalue weighted by Crippen LogP contribution is -2.39. The third kappa shape index (κ3) is 4.71. The van der Waals surface area contributed by atoms with E-state index in [0.29, 0.717) is 13.2 Å². The second kappa shape index (κ2) is 7.34. The molecule has 2 N–H and O–H groups in total. The number of nitrogens with zero attached hydrogens (tertiary/aromatic N) is 2. The molecule has 0 saturated heterocycles. The first-order valence-electron chi connectivity index (χ1n) is 7.07. The van der Waals surface area contributed by atoms with Gasteiger partial charge in [0.15, 0.2) is 11.6 Å². The maximum absolute atomic E-state index is 5.85. The molecule has 0 unspecified atom stereocenters. The summed E-state index contributed by atoms with van der Waals surface area (Å²) < 4.78 is 5.68. The van der Waals surface area contributed by atoms with Crippen molar-refractivity contribution in [3.8, 4) is 5.75 Å². The Kier molecular flexibility index (Phi) is 6.09. The highest BCUT2D eigenvalue weighted by molar-refractivity contribution is 5.52. The van der Waals surface area contributed by atoms with E-state index in [4.69, 9.17) is 10.5 Å². The van der Waals surface area contributed by atoms with Gasteiger partial charge in [0.2, 0.25) is 0 Å². The van der Waals surface area contributed by atoms with E-state index >= 15 is 0 Å². The van der Waals surface area contributed by atoms with Gasteiger partial charge in [-0.1, -0.05) is 20.8 Å². The van der Waals surface area contributed by atoms with Gasteiger partial charge in [-0.05, 0) is 37.4 Å². The van der Waals surface area contributed by atoms with Crippen LogP contribution in [-0.4, -0.2) is 31.2 Å². The Hall–Kier alpha value is -1.29. The highest BCUT2D eigenvalue weighted by Gasteiger charge is 2.22. The lowest BCUT2D eigenvalue weighted by molar-refractivity contribution is 0.334. The van der Waals surface area contributed by atoms with Gasteiger partial charge in [0.05, 0.1) is 6.61 Å². The van der Waals surface area contributed by atoms with Crippen molar-refractivity contribution in [1.29, 1.82) is 0 Å². The molecule has 0 spiro atoms. The van der Waals surface area contributed by atoms with Gasteiger partial charge in [0, 0.05) is 19.3 Å². The number of pyridine rings is 1. The minimum Gasteiger partial charge on any atom is -0.490 e. The van der Waals surface area contributed by atoms with Crippen LogP contribution in [0.25, 0.3) is 0 Å². The van der Waals surface area contributed by atoms with Crippen LogP contribution in [-0.2, 0) is 0 Å². The molecule has 0 atom stereocenters. The predicted octanol–water partition coefficient (Wildman–Crippen LogP) is 2.68. The Labute approximate surface area is 117 Å². The molecule has 0 amide bonds. The summed E-state index contributed by atoms with van der Waals surface area (Å²) in [4.78, 5) is 6.77. The molecule has 0 aromatic carbocycles. The minimum atomic E-state index is 0.0657. The molecule has 0 aliphatic rings. The maximum atomic E-state index is 5.85. The van der Waals surface area contributed by atoms with Crippen LogP contribution in [0.4, 0.5) is 5.82 Å². The van der Waals surface area contributed by atoms with Gasteiger partial charge in [0.1, 0.15) is 0 Å². The fourth-order valence-corrected chi connectivity index (χ4v) is 2.00. The van der Waals surface area contributed by atoms with Crippen molar-refractivity contribution in [2.24, 2.45) is 11.1 Å². The number of anilines is 1. The molecule has 0 saturated carbocycles. The fraction of sp³-hybridized carbons (Fsp3) is 0.667. The van der Waals surface area contributed by atoms with Gasteiger partial charge in [-0.3, -0.25) is 0 Å². The van der Waals surface area contributed by atoms with Crippen LogP contribution in [0.1, 0.15) is 34.1 Å². The van der Waals surface area contributed by atoms with Crippen molar-refractivity contribution in [2.75, 3.05) is 31.1 Å². The van der Waals surface area contributed by atoms with Crippen molar-refractivity contribution < 1.29 is 4.74 Å². The molecule has 0 aliphatic carbocycles. The van der Waals surface area contributed by atoms with Crippen molar-refractivity contribution in [2.45, 2.75) is 34.1 Å². The van der Waals surface area contributed by atoms with Crippen LogP contribution in [0.3, 0.4) is 0 Å². The van der Waals surface area contributed by atoms with E-state index in [-0.39, 0.29) is 5.41 Å². The van der Waals surface area contributed by atoms with E-state index in [1.165, 1.54) is 0 Å². The number of hydrogen-bond donors (Lipinski definition) is 1. The first-order valence-corrected chi connectivity index (χ1v) is 7.07. The second-order valence-corrected chi connectivity index (χ2v) is 5.55. The Balaban J connectivity index is 2.98. The van der Waals surface area contributed by atoms with E-state index in [1.54, 1.807) is 0 Å². The van der Waals surface area contributed by atoms with Crippen molar-refractivity contribution in [1.82, 2.24) is 4.98 Å². The number of hydrogen-bond acceptors (Lipinski definition) is 4. The fourth-order valence-electron chi connectivity index (χ4n) is 2.00. The predicted molar refractivity (Wildman–Crippen MR) is 80.7 cm³/mol. The van der Waals surface area contributed by atoms with E-state index in [9.17, 15) is 0 Å². The summed E-state index contributed by atoms with van der Waals surface area (Å²) in [6.45, 7) is 11.7. The normalized spacial score (nSPS) is 11.4. The van der Waals surface area contributed by atoms with Crippen molar-refractivity contribution >= 4 is 5.82 Å². The smallest absolute Gasteiger partial charge is 0.171 e. The van der Waals surface area contributed by atoms with Crippen molar-refractivity contribution in [3.05, 3.63) is 18.3 Å². The van der Waals surface area contributed by atoms with Crippen LogP contribution in [0.5, 0.6) is 5.75 Å². The molecule has 0 aliphatic heterocycles. The Bertz CT molecular complexity index is 379. The summed E-state index contributed by atoms with van der Waals surface area (Å²) in [6, 6.07) is 3.89. The lowest BCUT2D eigenvalue weighted by Gasteiger charge is -2.33. The number of aromatic nitrogens is 1. The monoisotopic (exact) mass is 265 g/mol. The summed E-state index contributed by atoms with van der Waals surface area (Å²) in [5.41, 5.74) is 5.91. The van der Waals surface area contributed by atoms with Crippen LogP contribution >= 0.6 is 0 Å². The van der Waals surface area contributed by atoms with E-state index in [1.807, 2.05) is 25.3 Å². The molecule has 0 bridgehead atoms. The number of ether oxygens (including phenoxy) is 1. The van der Waals surface area contributed by atoms with Crippen LogP contribution in [0.15, 0.2) is 18.3 Å². The molecule has 1 aromatic rings. The Morgan fingerprint density at radius 2 is 2.11 bits per heavy atom. The average molecular weight is 265 g/mol. The zero-order chi connectivity index (χ0) is 14.3. The van der Waals surface area contributed by atoms with Gasteiger partial charge >= 0.3 is 0 Å². The highest BCUT2D eigenvalue weighted by atomic mass is 16.5. The molecule has 108 valence electrons.